The average Bonchev–Trinajstić information content (AvgIpc) is 3.08. The first-order valence-electron chi connectivity index (χ1n) is 9.28. The molecule has 3 aliphatic rings. The Labute approximate surface area is 150 Å². The highest BCUT2D eigenvalue weighted by Gasteiger charge is 2.44. The molecule has 9 heteroatoms. The van der Waals surface area contributed by atoms with Crippen molar-refractivity contribution in [3.8, 4) is 0 Å². The number of piperidine rings is 2. The Balaban J connectivity index is 1.59. The van der Waals surface area contributed by atoms with E-state index in [0.717, 1.165) is 12.8 Å². The quantitative estimate of drug-likeness (QED) is 0.747. The van der Waals surface area contributed by atoms with Crippen molar-refractivity contribution in [1.29, 1.82) is 0 Å². The van der Waals surface area contributed by atoms with Crippen LogP contribution in [0.4, 0.5) is 0 Å². The molecule has 144 valence electrons. The van der Waals surface area contributed by atoms with Gasteiger partial charge in [0.25, 0.3) is 10.2 Å². The van der Waals surface area contributed by atoms with Crippen molar-refractivity contribution in [3.05, 3.63) is 0 Å². The lowest BCUT2D eigenvalue weighted by Gasteiger charge is -2.40. The third-order valence-corrected chi connectivity index (χ3v) is 7.26. The second-order valence-electron chi connectivity index (χ2n) is 7.00. The number of carbonyl (C=O) groups excluding carboxylic acids is 1. The van der Waals surface area contributed by atoms with Gasteiger partial charge >= 0.3 is 0 Å². The molecule has 0 aromatic rings. The first-order chi connectivity index (χ1) is 12.0. The lowest BCUT2D eigenvalue weighted by Crippen LogP contribution is -2.54. The topological polar surface area (TPSA) is 88.2 Å². The van der Waals surface area contributed by atoms with Crippen LogP contribution in [-0.4, -0.2) is 74.7 Å². The first kappa shape index (κ1) is 19.0. The van der Waals surface area contributed by atoms with Gasteiger partial charge in [-0.05, 0) is 19.3 Å². The maximum atomic E-state index is 13.0. The van der Waals surface area contributed by atoms with Crippen molar-refractivity contribution in [2.45, 2.75) is 44.8 Å². The Morgan fingerprint density at radius 2 is 1.84 bits per heavy atom. The molecular formula is C16H29N3O5S. The standard InChI is InChI=1S/C16H29N3O5S/c1-2-7-17-15(20)14-4-3-8-19(13-14)25(21,22)18-9-5-16(6-10-18)23-11-12-24-16/h14H,2-13H2,1H3,(H,17,20)/t14-/m0/s1. The summed E-state index contributed by atoms with van der Waals surface area (Å²) in [6.07, 6.45) is 3.45. The number of nitrogens with zero attached hydrogens (tertiary/aromatic N) is 2. The van der Waals surface area contributed by atoms with Gasteiger partial charge in [-0.3, -0.25) is 4.79 Å². The van der Waals surface area contributed by atoms with E-state index in [1.807, 2.05) is 6.92 Å². The second kappa shape index (κ2) is 7.87. The monoisotopic (exact) mass is 375 g/mol. The van der Waals surface area contributed by atoms with Crippen LogP contribution in [0.1, 0.15) is 39.0 Å². The summed E-state index contributed by atoms with van der Waals surface area (Å²) in [4.78, 5) is 12.2. The fraction of sp³-hybridized carbons (Fsp3) is 0.938. The first-order valence-corrected chi connectivity index (χ1v) is 10.7. The molecule has 1 atom stereocenters. The van der Waals surface area contributed by atoms with Gasteiger partial charge in [-0.15, -0.1) is 0 Å². The molecular weight excluding hydrogens is 346 g/mol. The van der Waals surface area contributed by atoms with E-state index in [2.05, 4.69) is 5.32 Å². The van der Waals surface area contributed by atoms with E-state index in [4.69, 9.17) is 9.47 Å². The van der Waals surface area contributed by atoms with Gasteiger partial charge < -0.3 is 14.8 Å². The van der Waals surface area contributed by atoms with E-state index in [1.165, 1.54) is 8.61 Å². The molecule has 3 fully saturated rings. The third-order valence-electron chi connectivity index (χ3n) is 5.25. The van der Waals surface area contributed by atoms with Crippen molar-refractivity contribution in [1.82, 2.24) is 13.9 Å². The maximum absolute atomic E-state index is 13.0. The zero-order valence-electron chi connectivity index (χ0n) is 14.9. The minimum absolute atomic E-state index is 0.0351. The fourth-order valence-electron chi connectivity index (χ4n) is 3.77. The molecule has 3 aliphatic heterocycles. The maximum Gasteiger partial charge on any atom is 0.282 e. The van der Waals surface area contributed by atoms with Crippen LogP contribution in [0.2, 0.25) is 0 Å². The van der Waals surface area contributed by atoms with Crippen molar-refractivity contribution in [2.75, 3.05) is 45.9 Å². The summed E-state index contributed by atoms with van der Waals surface area (Å²) >= 11 is 0. The van der Waals surface area contributed by atoms with Crippen molar-refractivity contribution in [2.24, 2.45) is 5.92 Å². The number of ether oxygens (including phenoxy) is 2. The van der Waals surface area contributed by atoms with Gasteiger partial charge in [0.15, 0.2) is 5.79 Å². The summed E-state index contributed by atoms with van der Waals surface area (Å²) in [5, 5.41) is 2.88. The number of nitrogens with one attached hydrogen (secondary N) is 1. The molecule has 3 saturated heterocycles. The minimum atomic E-state index is -3.54. The Kier molecular flexibility index (Phi) is 5.99. The van der Waals surface area contributed by atoms with Gasteiger partial charge in [-0.2, -0.15) is 17.0 Å². The van der Waals surface area contributed by atoms with Crippen LogP contribution in [0.3, 0.4) is 0 Å². The van der Waals surface area contributed by atoms with Crippen molar-refractivity contribution in [3.63, 3.8) is 0 Å². The van der Waals surface area contributed by atoms with E-state index in [1.54, 1.807) is 0 Å². The third kappa shape index (κ3) is 4.16. The summed E-state index contributed by atoms with van der Waals surface area (Å²) < 4.78 is 40.2. The highest BCUT2D eigenvalue weighted by molar-refractivity contribution is 7.86. The zero-order chi connectivity index (χ0) is 17.9. The molecule has 25 heavy (non-hydrogen) atoms. The van der Waals surface area contributed by atoms with Crippen LogP contribution in [0.15, 0.2) is 0 Å². The van der Waals surface area contributed by atoms with Crippen LogP contribution in [0.25, 0.3) is 0 Å². The van der Waals surface area contributed by atoms with Crippen LogP contribution < -0.4 is 5.32 Å². The van der Waals surface area contributed by atoms with E-state index in [0.29, 0.717) is 58.7 Å². The summed E-state index contributed by atoms with van der Waals surface area (Å²) in [6, 6.07) is 0. The summed E-state index contributed by atoms with van der Waals surface area (Å²) in [7, 11) is -3.54. The largest absolute Gasteiger partial charge is 0.356 e. The molecule has 0 saturated carbocycles. The Morgan fingerprint density at radius 3 is 2.48 bits per heavy atom. The number of hydrogen-bond donors (Lipinski definition) is 1. The van der Waals surface area contributed by atoms with E-state index < -0.39 is 16.0 Å². The summed E-state index contributed by atoms with van der Waals surface area (Å²) in [6.45, 7) is 5.33. The van der Waals surface area contributed by atoms with Crippen LogP contribution in [0.5, 0.6) is 0 Å². The molecule has 0 radical (unpaired) electrons. The highest BCUT2D eigenvalue weighted by Crippen LogP contribution is 2.33. The second-order valence-corrected chi connectivity index (χ2v) is 8.93. The molecule has 3 heterocycles. The van der Waals surface area contributed by atoms with Gasteiger partial charge in [-0.25, -0.2) is 0 Å². The summed E-state index contributed by atoms with van der Waals surface area (Å²) in [5.41, 5.74) is 0. The highest BCUT2D eigenvalue weighted by atomic mass is 32.2. The normalized spacial score (nSPS) is 28.3. The molecule has 1 amide bonds. The average molecular weight is 375 g/mol. The molecule has 0 aromatic carbocycles. The van der Waals surface area contributed by atoms with Crippen LogP contribution in [0, 0.1) is 5.92 Å². The number of amides is 1. The van der Waals surface area contributed by atoms with E-state index >= 15 is 0 Å². The Hall–Kier alpha value is -0.740. The minimum Gasteiger partial charge on any atom is -0.356 e. The van der Waals surface area contributed by atoms with Gasteiger partial charge in [0.05, 0.1) is 19.1 Å². The lowest BCUT2D eigenvalue weighted by atomic mass is 9.99. The van der Waals surface area contributed by atoms with E-state index in [-0.39, 0.29) is 18.4 Å². The smallest absolute Gasteiger partial charge is 0.282 e. The van der Waals surface area contributed by atoms with Gasteiger partial charge in [0, 0.05) is 45.6 Å². The van der Waals surface area contributed by atoms with Gasteiger partial charge in [-0.1, -0.05) is 6.92 Å². The molecule has 1 spiro atoms. The molecule has 0 aliphatic carbocycles. The lowest BCUT2D eigenvalue weighted by molar-refractivity contribution is -0.179. The Morgan fingerprint density at radius 1 is 1.16 bits per heavy atom. The number of hydrogen-bond acceptors (Lipinski definition) is 5. The molecule has 3 rings (SSSR count). The summed E-state index contributed by atoms with van der Waals surface area (Å²) in [5.74, 6) is -0.879. The molecule has 0 unspecified atom stereocenters. The number of rotatable bonds is 5. The predicted molar refractivity (Wildman–Crippen MR) is 92.0 cm³/mol. The molecule has 0 aromatic heterocycles. The van der Waals surface area contributed by atoms with Gasteiger partial charge in [0.1, 0.15) is 0 Å². The van der Waals surface area contributed by atoms with Gasteiger partial charge in [0.2, 0.25) is 5.91 Å². The Bertz CT molecular complexity index is 566. The molecule has 8 nitrogen and oxygen atoms in total. The van der Waals surface area contributed by atoms with Crippen LogP contribution in [-0.2, 0) is 24.5 Å². The molecule has 1 N–H and O–H groups in total. The van der Waals surface area contributed by atoms with E-state index in [9.17, 15) is 13.2 Å². The molecule has 0 bridgehead atoms. The fourth-order valence-corrected chi connectivity index (χ4v) is 5.46. The zero-order valence-corrected chi connectivity index (χ0v) is 15.7. The van der Waals surface area contributed by atoms with Crippen molar-refractivity contribution >= 4 is 16.1 Å². The predicted octanol–water partition coefficient (Wildman–Crippen LogP) is 0.308. The van der Waals surface area contributed by atoms with Crippen LogP contribution >= 0.6 is 0 Å². The SMILES string of the molecule is CCCNC(=O)[C@H]1CCCN(S(=O)(=O)N2CCC3(CC2)OCCO3)C1. The number of carbonyl (C=O) groups is 1. The van der Waals surface area contributed by atoms with Crippen molar-refractivity contribution < 1.29 is 22.7 Å².